The van der Waals surface area contributed by atoms with Crippen molar-refractivity contribution in [1.82, 2.24) is 5.32 Å². The van der Waals surface area contributed by atoms with Crippen molar-refractivity contribution in [1.29, 1.82) is 0 Å². The van der Waals surface area contributed by atoms with Crippen LogP contribution >= 0.6 is 0 Å². The minimum atomic E-state index is -0.513. The lowest BCUT2D eigenvalue weighted by Gasteiger charge is -2.16. The Morgan fingerprint density at radius 1 is 1.29 bits per heavy atom. The van der Waals surface area contributed by atoms with Gasteiger partial charge in [-0.3, -0.25) is 5.32 Å². The van der Waals surface area contributed by atoms with E-state index >= 15 is 0 Å². The fourth-order valence-corrected chi connectivity index (χ4v) is 1.07. The number of ether oxygens (including phenoxy) is 2. The van der Waals surface area contributed by atoms with Crippen molar-refractivity contribution in [2.24, 2.45) is 0 Å². The molecular formula is C10H13NO3. The SMILES string of the molecule is COC(=O)NC(OC)c1ccccc1. The Hall–Kier alpha value is -1.55. The Labute approximate surface area is 82.8 Å². The van der Waals surface area contributed by atoms with E-state index in [2.05, 4.69) is 10.1 Å². The maximum atomic E-state index is 10.9. The number of carbonyl (C=O) groups excluding carboxylic acids is 1. The highest BCUT2D eigenvalue weighted by Gasteiger charge is 2.12. The number of methoxy groups -OCH3 is 2. The molecule has 0 spiro atoms. The zero-order valence-corrected chi connectivity index (χ0v) is 8.19. The number of carbonyl (C=O) groups is 1. The lowest BCUT2D eigenvalue weighted by atomic mass is 10.2. The van der Waals surface area contributed by atoms with Crippen LogP contribution in [0.4, 0.5) is 4.79 Å². The molecule has 4 nitrogen and oxygen atoms in total. The molecule has 0 heterocycles. The Morgan fingerprint density at radius 3 is 2.43 bits per heavy atom. The number of benzene rings is 1. The molecule has 1 unspecified atom stereocenters. The topological polar surface area (TPSA) is 47.6 Å². The molecular weight excluding hydrogens is 182 g/mol. The highest BCUT2D eigenvalue weighted by Crippen LogP contribution is 2.12. The van der Waals surface area contributed by atoms with Crippen molar-refractivity contribution in [2.75, 3.05) is 14.2 Å². The molecule has 1 aromatic carbocycles. The van der Waals surface area contributed by atoms with Crippen molar-refractivity contribution in [2.45, 2.75) is 6.23 Å². The Balaban J connectivity index is 2.68. The maximum Gasteiger partial charge on any atom is 0.409 e. The summed E-state index contributed by atoms with van der Waals surface area (Å²) in [6.45, 7) is 0. The molecule has 0 bridgehead atoms. The summed E-state index contributed by atoms with van der Waals surface area (Å²) < 4.78 is 9.57. The Morgan fingerprint density at radius 2 is 1.93 bits per heavy atom. The lowest BCUT2D eigenvalue weighted by molar-refractivity contribution is 0.0668. The van der Waals surface area contributed by atoms with E-state index in [9.17, 15) is 4.79 Å². The molecule has 1 amide bonds. The molecule has 0 aromatic heterocycles. The minimum Gasteiger partial charge on any atom is -0.453 e. The van der Waals surface area contributed by atoms with Crippen molar-refractivity contribution in [3.05, 3.63) is 35.9 Å². The van der Waals surface area contributed by atoms with E-state index in [1.54, 1.807) is 0 Å². The molecule has 0 saturated carbocycles. The van der Waals surface area contributed by atoms with Crippen LogP contribution in [0.25, 0.3) is 0 Å². The molecule has 0 fully saturated rings. The fraction of sp³-hybridized carbons (Fsp3) is 0.300. The van der Waals surface area contributed by atoms with E-state index in [0.29, 0.717) is 0 Å². The first-order chi connectivity index (χ1) is 6.77. The predicted molar refractivity (Wildman–Crippen MR) is 51.7 cm³/mol. The molecule has 0 radical (unpaired) electrons. The second-order valence-electron chi connectivity index (χ2n) is 2.66. The summed E-state index contributed by atoms with van der Waals surface area (Å²) in [6.07, 6.45) is -0.982. The number of hydrogen-bond donors (Lipinski definition) is 1. The van der Waals surface area contributed by atoms with Crippen molar-refractivity contribution >= 4 is 6.09 Å². The third kappa shape index (κ3) is 2.74. The van der Waals surface area contributed by atoms with Gasteiger partial charge < -0.3 is 9.47 Å². The standard InChI is InChI=1S/C10H13NO3/c1-13-9(11-10(12)14-2)8-6-4-3-5-7-8/h3-7,9H,1-2H3,(H,11,12). The molecule has 4 heteroatoms. The quantitative estimate of drug-likeness (QED) is 0.746. The van der Waals surface area contributed by atoms with E-state index in [0.717, 1.165) is 5.56 Å². The Bertz CT molecular complexity index is 287. The van der Waals surface area contributed by atoms with Crippen LogP contribution in [0.3, 0.4) is 0 Å². The van der Waals surface area contributed by atoms with Gasteiger partial charge in [-0.15, -0.1) is 0 Å². The molecule has 1 aromatic rings. The molecule has 14 heavy (non-hydrogen) atoms. The Kier molecular flexibility index (Phi) is 3.94. The zero-order valence-electron chi connectivity index (χ0n) is 8.19. The average molecular weight is 195 g/mol. The van der Waals surface area contributed by atoms with Crippen LogP contribution < -0.4 is 5.32 Å². The molecule has 1 N–H and O–H groups in total. The monoisotopic (exact) mass is 195 g/mol. The highest BCUT2D eigenvalue weighted by molar-refractivity contribution is 5.67. The third-order valence-corrected chi connectivity index (χ3v) is 1.77. The smallest absolute Gasteiger partial charge is 0.409 e. The fourth-order valence-electron chi connectivity index (χ4n) is 1.07. The summed E-state index contributed by atoms with van der Waals surface area (Å²) in [5, 5.41) is 2.55. The summed E-state index contributed by atoms with van der Waals surface area (Å²) in [7, 11) is 2.83. The molecule has 1 atom stereocenters. The van der Waals surface area contributed by atoms with Gasteiger partial charge in [0.1, 0.15) is 0 Å². The van der Waals surface area contributed by atoms with Gasteiger partial charge in [-0.25, -0.2) is 4.79 Å². The molecule has 76 valence electrons. The van der Waals surface area contributed by atoms with E-state index in [1.807, 2.05) is 30.3 Å². The first kappa shape index (κ1) is 10.5. The van der Waals surface area contributed by atoms with Crippen LogP contribution in [0.1, 0.15) is 11.8 Å². The summed E-state index contributed by atoms with van der Waals surface area (Å²) in [4.78, 5) is 10.9. The van der Waals surface area contributed by atoms with Crippen LogP contribution in [0.5, 0.6) is 0 Å². The first-order valence-corrected chi connectivity index (χ1v) is 4.20. The summed E-state index contributed by atoms with van der Waals surface area (Å²) in [5.41, 5.74) is 0.875. The largest absolute Gasteiger partial charge is 0.453 e. The van der Waals surface area contributed by atoms with Gasteiger partial charge in [0.05, 0.1) is 7.11 Å². The summed E-state index contributed by atoms with van der Waals surface area (Å²) in [6, 6.07) is 9.38. The molecule has 0 saturated heterocycles. The normalized spacial score (nSPS) is 11.9. The van der Waals surface area contributed by atoms with Gasteiger partial charge in [0.2, 0.25) is 0 Å². The molecule has 0 aliphatic rings. The van der Waals surface area contributed by atoms with E-state index in [-0.39, 0.29) is 0 Å². The average Bonchev–Trinajstić information content (AvgIpc) is 2.26. The van der Waals surface area contributed by atoms with Crippen LogP contribution in [0, 0.1) is 0 Å². The van der Waals surface area contributed by atoms with Crippen LogP contribution in [0.2, 0.25) is 0 Å². The number of amides is 1. The number of rotatable bonds is 3. The molecule has 0 aliphatic heterocycles. The summed E-state index contributed by atoms with van der Waals surface area (Å²) in [5.74, 6) is 0. The lowest BCUT2D eigenvalue weighted by Crippen LogP contribution is -2.29. The van der Waals surface area contributed by atoms with Gasteiger partial charge in [-0.1, -0.05) is 30.3 Å². The van der Waals surface area contributed by atoms with Crippen LogP contribution in [-0.4, -0.2) is 20.3 Å². The highest BCUT2D eigenvalue weighted by atomic mass is 16.6. The van der Waals surface area contributed by atoms with Crippen molar-refractivity contribution < 1.29 is 14.3 Å². The molecule has 0 aliphatic carbocycles. The number of nitrogens with one attached hydrogen (secondary N) is 1. The maximum absolute atomic E-state index is 10.9. The first-order valence-electron chi connectivity index (χ1n) is 4.20. The van der Waals surface area contributed by atoms with Gasteiger partial charge in [0.25, 0.3) is 0 Å². The predicted octanol–water partition coefficient (Wildman–Crippen LogP) is 1.69. The van der Waals surface area contributed by atoms with Gasteiger partial charge in [0, 0.05) is 12.7 Å². The van der Waals surface area contributed by atoms with E-state index < -0.39 is 12.3 Å². The van der Waals surface area contributed by atoms with Crippen molar-refractivity contribution in [3.8, 4) is 0 Å². The molecule has 1 rings (SSSR count). The van der Waals surface area contributed by atoms with Gasteiger partial charge in [-0.2, -0.15) is 0 Å². The van der Waals surface area contributed by atoms with Gasteiger partial charge in [-0.05, 0) is 0 Å². The summed E-state index contributed by atoms with van der Waals surface area (Å²) >= 11 is 0. The number of hydrogen-bond acceptors (Lipinski definition) is 3. The number of alkyl carbamates (subject to hydrolysis) is 1. The van der Waals surface area contributed by atoms with Crippen molar-refractivity contribution in [3.63, 3.8) is 0 Å². The zero-order chi connectivity index (χ0) is 10.4. The minimum absolute atomic E-state index is 0.469. The van der Waals surface area contributed by atoms with Gasteiger partial charge in [0.15, 0.2) is 6.23 Å². The second-order valence-corrected chi connectivity index (χ2v) is 2.66. The van der Waals surface area contributed by atoms with E-state index in [1.165, 1.54) is 14.2 Å². The van der Waals surface area contributed by atoms with Crippen LogP contribution in [-0.2, 0) is 9.47 Å². The van der Waals surface area contributed by atoms with Crippen LogP contribution in [0.15, 0.2) is 30.3 Å². The van der Waals surface area contributed by atoms with E-state index in [4.69, 9.17) is 4.74 Å². The van der Waals surface area contributed by atoms with Gasteiger partial charge >= 0.3 is 6.09 Å². The third-order valence-electron chi connectivity index (χ3n) is 1.77. The second kappa shape index (κ2) is 5.24.